The predicted octanol–water partition coefficient (Wildman–Crippen LogP) is 3.32. The molecular formula is C22H16N6O3S2. The monoisotopic (exact) mass is 476 g/mol. The number of nitrogens with one attached hydrogen (secondary N) is 1. The van der Waals surface area contributed by atoms with Crippen LogP contribution in [0.5, 0.6) is 5.75 Å². The minimum atomic E-state index is -0.633. The first kappa shape index (κ1) is 20.9. The molecule has 9 nitrogen and oxygen atoms in total. The molecule has 0 unspecified atom stereocenters. The molecule has 0 saturated heterocycles. The van der Waals surface area contributed by atoms with Crippen molar-refractivity contribution in [2.45, 2.75) is 6.04 Å². The molecule has 0 bridgehead atoms. The Balaban J connectivity index is 1.59. The van der Waals surface area contributed by atoms with Crippen molar-refractivity contribution >= 4 is 57.3 Å². The van der Waals surface area contributed by atoms with Crippen molar-refractivity contribution in [3.8, 4) is 5.75 Å². The standard InChI is InChI=1S/C22H16N6O3S2/c1-31-19-7-4-13(21(23)29)8-14(19)22(30)24-20(11-2-5-15-17(9-11)27-32-25-15)12-3-6-16-18(10-12)28-33-26-16/h2-10,20H,1H3,(H2,23,29)(H,24,30). The molecule has 0 aliphatic carbocycles. The fourth-order valence-corrected chi connectivity index (χ4v) is 4.60. The Morgan fingerprint density at radius 2 is 1.42 bits per heavy atom. The molecule has 0 fully saturated rings. The van der Waals surface area contributed by atoms with Crippen LogP contribution in [0.2, 0.25) is 0 Å². The molecule has 2 aromatic heterocycles. The molecule has 0 saturated carbocycles. The summed E-state index contributed by atoms with van der Waals surface area (Å²) in [6.45, 7) is 0. The van der Waals surface area contributed by atoms with E-state index in [0.717, 1.165) is 56.7 Å². The van der Waals surface area contributed by atoms with Crippen LogP contribution in [0.1, 0.15) is 37.9 Å². The smallest absolute Gasteiger partial charge is 0.255 e. The Morgan fingerprint density at radius 1 is 0.848 bits per heavy atom. The van der Waals surface area contributed by atoms with Crippen molar-refractivity contribution in [1.29, 1.82) is 0 Å². The first-order chi connectivity index (χ1) is 16.0. The van der Waals surface area contributed by atoms with Crippen LogP contribution in [0.4, 0.5) is 0 Å². The summed E-state index contributed by atoms with van der Waals surface area (Å²) in [6.07, 6.45) is 0. The molecule has 11 heteroatoms. The summed E-state index contributed by atoms with van der Waals surface area (Å²) in [6, 6.07) is 15.3. The van der Waals surface area contributed by atoms with Crippen LogP contribution in [0, 0.1) is 0 Å². The van der Waals surface area contributed by atoms with Gasteiger partial charge in [-0.05, 0) is 53.6 Å². The SMILES string of the molecule is COc1ccc(C(N)=O)cc1C(=O)NC(c1ccc2nsnc2c1)c1ccc2nsnc2c1. The molecular weight excluding hydrogens is 460 g/mol. The van der Waals surface area contributed by atoms with Crippen LogP contribution in [0.25, 0.3) is 22.1 Å². The van der Waals surface area contributed by atoms with Crippen LogP contribution in [-0.2, 0) is 0 Å². The Labute approximate surface area is 195 Å². The van der Waals surface area contributed by atoms with Gasteiger partial charge in [-0.1, -0.05) is 12.1 Å². The maximum atomic E-state index is 13.4. The average Bonchev–Trinajstić information content (AvgIpc) is 3.50. The van der Waals surface area contributed by atoms with E-state index < -0.39 is 17.9 Å². The predicted molar refractivity (Wildman–Crippen MR) is 126 cm³/mol. The van der Waals surface area contributed by atoms with E-state index in [4.69, 9.17) is 10.5 Å². The summed E-state index contributed by atoms with van der Waals surface area (Å²) in [5.74, 6) is -0.728. The highest BCUT2D eigenvalue weighted by atomic mass is 32.1. The number of aromatic nitrogens is 4. The molecule has 2 heterocycles. The van der Waals surface area contributed by atoms with E-state index in [1.165, 1.54) is 19.2 Å². The van der Waals surface area contributed by atoms with Gasteiger partial charge in [0.2, 0.25) is 5.91 Å². The second-order valence-electron chi connectivity index (χ2n) is 7.21. The second-order valence-corrected chi connectivity index (χ2v) is 8.27. The van der Waals surface area contributed by atoms with E-state index in [1.54, 1.807) is 6.07 Å². The van der Waals surface area contributed by atoms with Gasteiger partial charge in [0.05, 0.1) is 42.2 Å². The van der Waals surface area contributed by atoms with Crippen molar-refractivity contribution in [2.75, 3.05) is 7.11 Å². The van der Waals surface area contributed by atoms with Gasteiger partial charge in [-0.3, -0.25) is 9.59 Å². The number of amides is 2. The van der Waals surface area contributed by atoms with Gasteiger partial charge >= 0.3 is 0 Å². The highest BCUT2D eigenvalue weighted by Gasteiger charge is 2.22. The van der Waals surface area contributed by atoms with E-state index in [9.17, 15) is 9.59 Å². The largest absolute Gasteiger partial charge is 0.496 e. The summed E-state index contributed by atoms with van der Waals surface area (Å²) in [5.41, 5.74) is 10.5. The molecule has 0 aliphatic heterocycles. The minimum Gasteiger partial charge on any atom is -0.496 e. The lowest BCUT2D eigenvalue weighted by Gasteiger charge is -2.21. The summed E-state index contributed by atoms with van der Waals surface area (Å²) in [4.78, 5) is 25.1. The highest BCUT2D eigenvalue weighted by Crippen LogP contribution is 2.29. The average molecular weight is 477 g/mol. The Bertz CT molecular complexity index is 1440. The zero-order valence-corrected chi connectivity index (χ0v) is 18.8. The number of hydrogen-bond donors (Lipinski definition) is 2. The van der Waals surface area contributed by atoms with Crippen molar-refractivity contribution in [3.63, 3.8) is 0 Å². The molecule has 0 spiro atoms. The number of fused-ring (bicyclic) bond motifs is 2. The molecule has 164 valence electrons. The van der Waals surface area contributed by atoms with Gasteiger partial charge in [-0.2, -0.15) is 17.5 Å². The molecule has 5 rings (SSSR count). The topological polar surface area (TPSA) is 133 Å². The maximum Gasteiger partial charge on any atom is 0.255 e. The third kappa shape index (κ3) is 3.99. The number of carbonyl (C=O) groups excluding carboxylic acids is 2. The van der Waals surface area contributed by atoms with E-state index in [-0.39, 0.29) is 11.1 Å². The van der Waals surface area contributed by atoms with Crippen LogP contribution < -0.4 is 15.8 Å². The maximum absolute atomic E-state index is 13.4. The number of carbonyl (C=O) groups is 2. The number of ether oxygens (including phenoxy) is 1. The quantitative estimate of drug-likeness (QED) is 0.384. The molecule has 5 aromatic rings. The van der Waals surface area contributed by atoms with E-state index in [0.29, 0.717) is 5.75 Å². The van der Waals surface area contributed by atoms with Crippen molar-refractivity contribution in [2.24, 2.45) is 5.73 Å². The van der Waals surface area contributed by atoms with Crippen LogP contribution >= 0.6 is 23.5 Å². The van der Waals surface area contributed by atoms with Gasteiger partial charge in [-0.15, -0.1) is 0 Å². The van der Waals surface area contributed by atoms with Crippen LogP contribution in [-0.4, -0.2) is 36.4 Å². The van der Waals surface area contributed by atoms with Gasteiger partial charge in [0.25, 0.3) is 5.91 Å². The first-order valence-electron chi connectivity index (χ1n) is 9.76. The Hall–Kier alpha value is -3.96. The van der Waals surface area contributed by atoms with Gasteiger partial charge < -0.3 is 15.8 Å². The zero-order valence-electron chi connectivity index (χ0n) is 17.2. The Kier molecular flexibility index (Phi) is 5.40. The summed E-state index contributed by atoms with van der Waals surface area (Å²) in [5, 5.41) is 3.06. The number of methoxy groups -OCH3 is 1. The molecule has 2 amide bonds. The lowest BCUT2D eigenvalue weighted by Crippen LogP contribution is -2.30. The van der Waals surface area contributed by atoms with Crippen LogP contribution in [0.3, 0.4) is 0 Å². The summed E-state index contributed by atoms with van der Waals surface area (Å²) in [7, 11) is 1.46. The molecule has 0 atom stereocenters. The molecule has 0 radical (unpaired) electrons. The molecule has 3 aromatic carbocycles. The molecule has 3 N–H and O–H groups in total. The van der Waals surface area contributed by atoms with Crippen molar-refractivity contribution in [1.82, 2.24) is 22.8 Å². The zero-order chi connectivity index (χ0) is 22.9. The van der Waals surface area contributed by atoms with Crippen LogP contribution in [0.15, 0.2) is 54.6 Å². The van der Waals surface area contributed by atoms with E-state index >= 15 is 0 Å². The fraction of sp³-hybridized carbons (Fsp3) is 0.0909. The normalized spacial score (nSPS) is 11.2. The third-order valence-corrected chi connectivity index (χ3v) is 6.34. The minimum absolute atomic E-state index is 0.201. The number of nitrogens with zero attached hydrogens (tertiary/aromatic N) is 4. The number of nitrogens with two attached hydrogens (primary N) is 1. The lowest BCUT2D eigenvalue weighted by atomic mass is 9.97. The van der Waals surface area contributed by atoms with Gasteiger partial charge in [0.15, 0.2) is 0 Å². The number of primary amides is 1. The van der Waals surface area contributed by atoms with E-state index in [1.807, 2.05) is 36.4 Å². The van der Waals surface area contributed by atoms with Gasteiger partial charge in [0.1, 0.15) is 27.8 Å². The third-order valence-electron chi connectivity index (χ3n) is 5.23. The summed E-state index contributed by atoms with van der Waals surface area (Å²) < 4.78 is 22.5. The number of benzene rings is 3. The van der Waals surface area contributed by atoms with E-state index in [2.05, 4.69) is 22.8 Å². The van der Waals surface area contributed by atoms with Crippen molar-refractivity contribution < 1.29 is 14.3 Å². The highest BCUT2D eigenvalue weighted by molar-refractivity contribution is 7.00. The molecule has 0 aliphatic rings. The van der Waals surface area contributed by atoms with Gasteiger partial charge in [-0.25, -0.2) is 0 Å². The van der Waals surface area contributed by atoms with Crippen molar-refractivity contribution in [3.05, 3.63) is 76.9 Å². The first-order valence-corrected chi connectivity index (χ1v) is 11.2. The number of rotatable bonds is 6. The second kappa shape index (κ2) is 8.52. The number of hydrogen-bond acceptors (Lipinski definition) is 9. The fourth-order valence-electron chi connectivity index (χ4n) is 3.56. The summed E-state index contributed by atoms with van der Waals surface area (Å²) >= 11 is 2.26. The molecule has 33 heavy (non-hydrogen) atoms. The lowest BCUT2D eigenvalue weighted by molar-refractivity contribution is 0.0940. The Morgan fingerprint density at radius 3 is 1.97 bits per heavy atom. The van der Waals surface area contributed by atoms with Gasteiger partial charge in [0, 0.05) is 5.56 Å².